The zero-order valence-corrected chi connectivity index (χ0v) is 17.2. The van der Waals surface area contributed by atoms with Gasteiger partial charge in [0.2, 0.25) is 5.88 Å². The molecule has 0 saturated heterocycles. The lowest BCUT2D eigenvalue weighted by Gasteiger charge is -2.08. The van der Waals surface area contributed by atoms with Crippen molar-refractivity contribution in [2.24, 2.45) is 10.2 Å². The molecule has 6 nitrogen and oxygen atoms in total. The van der Waals surface area contributed by atoms with Crippen LogP contribution in [0.2, 0.25) is 0 Å². The van der Waals surface area contributed by atoms with Gasteiger partial charge in [-0.3, -0.25) is 4.79 Å². The molecule has 1 heterocycles. The number of fused-ring (bicyclic) bond motifs is 1. The molecule has 0 aliphatic carbocycles. The summed E-state index contributed by atoms with van der Waals surface area (Å²) in [6.07, 6.45) is 4.38. The molecular formula is C23H27N3O3. The fourth-order valence-corrected chi connectivity index (χ4v) is 3.36. The van der Waals surface area contributed by atoms with E-state index in [0.717, 1.165) is 41.3 Å². The lowest BCUT2D eigenvalue weighted by molar-refractivity contribution is 0.0991. The molecule has 0 atom stereocenters. The van der Waals surface area contributed by atoms with E-state index in [2.05, 4.69) is 22.1 Å². The van der Waals surface area contributed by atoms with E-state index in [-0.39, 0.29) is 11.6 Å². The Morgan fingerprint density at radius 3 is 2.72 bits per heavy atom. The van der Waals surface area contributed by atoms with Crippen LogP contribution in [0.4, 0.5) is 5.69 Å². The number of aromatic amines is 1. The van der Waals surface area contributed by atoms with Gasteiger partial charge in [0.15, 0.2) is 5.69 Å². The second kappa shape index (κ2) is 9.37. The summed E-state index contributed by atoms with van der Waals surface area (Å²) in [4.78, 5) is 15.6. The molecule has 1 amide bonds. The minimum Gasteiger partial charge on any atom is -0.493 e. The van der Waals surface area contributed by atoms with Crippen molar-refractivity contribution in [1.82, 2.24) is 4.98 Å². The molecule has 2 N–H and O–H groups in total. The maximum absolute atomic E-state index is 12.6. The molecule has 0 fully saturated rings. The summed E-state index contributed by atoms with van der Waals surface area (Å²) < 4.78 is 5.79. The van der Waals surface area contributed by atoms with Crippen molar-refractivity contribution in [2.75, 3.05) is 6.61 Å². The molecule has 0 radical (unpaired) electrons. The average Bonchev–Trinajstić information content (AvgIpc) is 3.02. The van der Waals surface area contributed by atoms with E-state index in [4.69, 9.17) is 4.74 Å². The number of aryl methyl sites for hydroxylation is 2. The van der Waals surface area contributed by atoms with E-state index in [0.29, 0.717) is 17.9 Å². The smallest absolute Gasteiger partial charge is 0.299 e. The second-order valence-corrected chi connectivity index (χ2v) is 7.24. The van der Waals surface area contributed by atoms with Crippen molar-refractivity contribution in [3.05, 3.63) is 53.1 Å². The topological polar surface area (TPSA) is 87.0 Å². The van der Waals surface area contributed by atoms with Gasteiger partial charge in [-0.25, -0.2) is 0 Å². The number of benzene rings is 2. The number of para-hydroxylation sites is 1. The fourth-order valence-electron chi connectivity index (χ4n) is 3.36. The predicted molar refractivity (Wildman–Crippen MR) is 114 cm³/mol. The molecule has 0 unspecified atom stereocenters. The summed E-state index contributed by atoms with van der Waals surface area (Å²) in [6.45, 7) is 6.64. The van der Waals surface area contributed by atoms with E-state index >= 15 is 0 Å². The highest BCUT2D eigenvalue weighted by molar-refractivity contribution is 5.99. The number of H-pyrrole nitrogens is 1. The van der Waals surface area contributed by atoms with Crippen LogP contribution in [0.5, 0.6) is 11.6 Å². The fraction of sp³-hybridized carbons (Fsp3) is 0.348. The van der Waals surface area contributed by atoms with Crippen LogP contribution in [0.3, 0.4) is 0 Å². The van der Waals surface area contributed by atoms with Gasteiger partial charge in [-0.1, -0.05) is 49.9 Å². The third-order valence-corrected chi connectivity index (χ3v) is 4.82. The van der Waals surface area contributed by atoms with Crippen LogP contribution < -0.4 is 4.74 Å². The van der Waals surface area contributed by atoms with Crippen LogP contribution >= 0.6 is 0 Å². The summed E-state index contributed by atoms with van der Waals surface area (Å²) in [7, 11) is 0. The quantitative estimate of drug-likeness (QED) is 0.344. The number of hydrogen-bond donors (Lipinski definition) is 2. The lowest BCUT2D eigenvalue weighted by atomic mass is 10.1. The van der Waals surface area contributed by atoms with Gasteiger partial charge in [-0.15, -0.1) is 10.2 Å². The number of rotatable bonds is 8. The van der Waals surface area contributed by atoms with E-state index in [1.54, 1.807) is 18.2 Å². The molecule has 0 spiro atoms. The van der Waals surface area contributed by atoms with Gasteiger partial charge in [0.1, 0.15) is 5.75 Å². The Labute approximate surface area is 170 Å². The highest BCUT2D eigenvalue weighted by atomic mass is 16.5. The van der Waals surface area contributed by atoms with Crippen molar-refractivity contribution in [1.29, 1.82) is 0 Å². The second-order valence-electron chi connectivity index (χ2n) is 7.24. The Kier molecular flexibility index (Phi) is 6.65. The van der Waals surface area contributed by atoms with E-state index in [1.165, 1.54) is 6.42 Å². The first kappa shape index (κ1) is 20.6. The van der Waals surface area contributed by atoms with Crippen LogP contribution in [-0.2, 0) is 0 Å². The Morgan fingerprint density at radius 2 is 1.93 bits per heavy atom. The number of nitrogens with one attached hydrogen (secondary N) is 1. The number of aromatic hydroxyl groups is 1. The first-order valence-corrected chi connectivity index (χ1v) is 10.0. The molecular weight excluding hydrogens is 366 g/mol. The first-order valence-electron chi connectivity index (χ1n) is 10.0. The molecule has 6 heteroatoms. The summed E-state index contributed by atoms with van der Waals surface area (Å²) in [5.74, 6) is -0.110. The third kappa shape index (κ3) is 4.83. The number of carbonyl (C=O) groups excluding carboxylic acids is 1. The number of aromatic nitrogens is 1. The molecule has 3 rings (SSSR count). The SMILES string of the molecule is CCCCCCOc1ccccc1C(=O)N=Nc1c(O)[nH]c2c(C)cc(C)cc12. The monoisotopic (exact) mass is 393 g/mol. The number of hydrogen-bond acceptors (Lipinski definition) is 4. The standard InChI is InChI=1S/C23H27N3O3/c1-4-5-6-9-12-29-19-11-8-7-10-17(19)22(27)26-25-21-18-14-15(2)13-16(3)20(18)24-23(21)28/h7-8,10-11,13-14,24,28H,4-6,9,12H2,1-3H3. The van der Waals surface area contributed by atoms with Gasteiger partial charge in [0.25, 0.3) is 5.91 Å². The molecule has 2 aromatic carbocycles. The minimum absolute atomic E-state index is 0.106. The molecule has 1 aromatic heterocycles. The highest BCUT2D eigenvalue weighted by Crippen LogP contribution is 2.37. The Balaban J connectivity index is 1.80. The Hall–Kier alpha value is -3.15. The van der Waals surface area contributed by atoms with Gasteiger partial charge in [0, 0.05) is 5.39 Å². The maximum Gasteiger partial charge on any atom is 0.299 e. The van der Waals surface area contributed by atoms with E-state index in [9.17, 15) is 9.90 Å². The molecule has 29 heavy (non-hydrogen) atoms. The van der Waals surface area contributed by atoms with Crippen molar-refractivity contribution < 1.29 is 14.6 Å². The average molecular weight is 393 g/mol. The maximum atomic E-state index is 12.6. The lowest BCUT2D eigenvalue weighted by Crippen LogP contribution is -2.03. The Bertz CT molecular complexity index is 1040. The van der Waals surface area contributed by atoms with Crippen molar-refractivity contribution in [3.8, 4) is 11.6 Å². The number of azo groups is 1. The van der Waals surface area contributed by atoms with Gasteiger partial charge in [-0.2, -0.15) is 0 Å². The van der Waals surface area contributed by atoms with Crippen LogP contribution in [-0.4, -0.2) is 22.6 Å². The molecule has 0 bridgehead atoms. The molecule has 3 aromatic rings. The van der Waals surface area contributed by atoms with Crippen molar-refractivity contribution >= 4 is 22.5 Å². The molecule has 0 aliphatic heterocycles. The van der Waals surface area contributed by atoms with Crippen LogP contribution in [0.15, 0.2) is 46.6 Å². The number of carbonyl (C=O) groups is 1. The van der Waals surface area contributed by atoms with E-state index in [1.807, 2.05) is 32.0 Å². The Morgan fingerprint density at radius 1 is 1.14 bits per heavy atom. The van der Waals surface area contributed by atoms with Gasteiger partial charge in [-0.05, 0) is 44.0 Å². The number of unbranched alkanes of at least 4 members (excludes halogenated alkanes) is 3. The zero-order valence-electron chi connectivity index (χ0n) is 17.2. The van der Waals surface area contributed by atoms with E-state index < -0.39 is 5.91 Å². The summed E-state index contributed by atoms with van der Waals surface area (Å²) >= 11 is 0. The zero-order chi connectivity index (χ0) is 20.8. The molecule has 0 aliphatic rings. The van der Waals surface area contributed by atoms with Crippen molar-refractivity contribution in [2.45, 2.75) is 46.5 Å². The van der Waals surface area contributed by atoms with Crippen LogP contribution in [0.1, 0.15) is 54.1 Å². The normalized spacial score (nSPS) is 11.4. The summed E-state index contributed by atoms with van der Waals surface area (Å²) in [5.41, 5.74) is 3.44. The van der Waals surface area contributed by atoms with Crippen LogP contribution in [0.25, 0.3) is 10.9 Å². The summed E-state index contributed by atoms with van der Waals surface area (Å²) in [5, 5.41) is 18.9. The number of nitrogens with zero attached hydrogens (tertiary/aromatic N) is 2. The number of ether oxygens (including phenoxy) is 1. The largest absolute Gasteiger partial charge is 0.493 e. The summed E-state index contributed by atoms with van der Waals surface area (Å²) in [6, 6.07) is 10.9. The molecule has 0 saturated carbocycles. The third-order valence-electron chi connectivity index (χ3n) is 4.82. The van der Waals surface area contributed by atoms with Gasteiger partial charge < -0.3 is 14.8 Å². The first-order chi connectivity index (χ1) is 14.0. The predicted octanol–water partition coefficient (Wildman–Crippen LogP) is 6.37. The van der Waals surface area contributed by atoms with Crippen molar-refractivity contribution in [3.63, 3.8) is 0 Å². The number of amides is 1. The highest BCUT2D eigenvalue weighted by Gasteiger charge is 2.15. The minimum atomic E-state index is -0.507. The molecule has 152 valence electrons. The van der Waals surface area contributed by atoms with Crippen LogP contribution in [0, 0.1) is 13.8 Å². The van der Waals surface area contributed by atoms with Gasteiger partial charge in [0.05, 0.1) is 17.7 Å². The van der Waals surface area contributed by atoms with Gasteiger partial charge >= 0.3 is 0 Å².